The van der Waals surface area contributed by atoms with E-state index in [1.165, 1.54) is 32.7 Å². The van der Waals surface area contributed by atoms with Gasteiger partial charge in [0.25, 0.3) is 5.91 Å². The van der Waals surface area contributed by atoms with Crippen molar-refractivity contribution in [2.24, 2.45) is 0 Å². The summed E-state index contributed by atoms with van der Waals surface area (Å²) in [7, 11) is 0. The van der Waals surface area contributed by atoms with Crippen molar-refractivity contribution in [2.75, 3.05) is 31.5 Å². The zero-order valence-corrected chi connectivity index (χ0v) is 13.0. The van der Waals surface area contributed by atoms with E-state index in [0.717, 1.165) is 19.6 Å². The first-order valence-corrected chi connectivity index (χ1v) is 8.04. The molecule has 0 aromatic heterocycles. The van der Waals surface area contributed by atoms with Crippen molar-refractivity contribution >= 4 is 17.5 Å². The van der Waals surface area contributed by atoms with Crippen LogP contribution in [0.3, 0.4) is 0 Å². The van der Waals surface area contributed by atoms with Gasteiger partial charge in [0.05, 0.1) is 0 Å². The summed E-state index contributed by atoms with van der Waals surface area (Å²) >= 11 is 0. The van der Waals surface area contributed by atoms with Gasteiger partial charge in [0.15, 0.2) is 0 Å². The van der Waals surface area contributed by atoms with Crippen molar-refractivity contribution in [3.8, 4) is 0 Å². The third-order valence-electron chi connectivity index (χ3n) is 4.55. The smallest absolute Gasteiger partial charge is 0.254 e. The van der Waals surface area contributed by atoms with Gasteiger partial charge < -0.3 is 10.2 Å². The number of nitrogens with one attached hydrogen (secondary N) is 1. The van der Waals surface area contributed by atoms with Crippen LogP contribution in [0, 0.1) is 0 Å². The van der Waals surface area contributed by atoms with Gasteiger partial charge in [-0.2, -0.15) is 0 Å². The van der Waals surface area contributed by atoms with Crippen molar-refractivity contribution in [1.29, 1.82) is 0 Å². The van der Waals surface area contributed by atoms with Gasteiger partial charge in [0.2, 0.25) is 5.91 Å². The summed E-state index contributed by atoms with van der Waals surface area (Å²) in [5.74, 6) is -0.0576. The maximum atomic E-state index is 12.7. The topological polar surface area (TPSA) is 52.7 Å². The second-order valence-corrected chi connectivity index (χ2v) is 6.20. The second kappa shape index (κ2) is 6.48. The van der Waals surface area contributed by atoms with Gasteiger partial charge in [-0.1, -0.05) is 12.5 Å². The van der Waals surface area contributed by atoms with E-state index in [1.807, 2.05) is 17.0 Å². The van der Waals surface area contributed by atoms with E-state index < -0.39 is 0 Å². The van der Waals surface area contributed by atoms with Crippen LogP contribution >= 0.6 is 0 Å². The van der Waals surface area contributed by atoms with E-state index in [4.69, 9.17) is 0 Å². The molecule has 2 heterocycles. The van der Waals surface area contributed by atoms with E-state index in [-0.39, 0.29) is 11.8 Å². The Hall–Kier alpha value is -1.88. The number of piperazine rings is 1. The number of amides is 2. The van der Waals surface area contributed by atoms with Crippen LogP contribution in [0.15, 0.2) is 24.3 Å². The summed E-state index contributed by atoms with van der Waals surface area (Å²) < 4.78 is 0. The molecular formula is C17H23N3O2. The highest BCUT2D eigenvalue weighted by molar-refractivity contribution is 5.96. The summed E-state index contributed by atoms with van der Waals surface area (Å²) in [6.07, 6.45) is 3.74. The number of benzene rings is 1. The molecule has 0 saturated carbocycles. The van der Waals surface area contributed by atoms with E-state index in [2.05, 4.69) is 10.2 Å². The van der Waals surface area contributed by atoms with Crippen LogP contribution in [-0.2, 0) is 4.79 Å². The van der Waals surface area contributed by atoms with Gasteiger partial charge in [0, 0.05) is 43.9 Å². The normalized spacial score (nSPS) is 22.0. The number of piperidine rings is 1. The maximum Gasteiger partial charge on any atom is 0.254 e. The Morgan fingerprint density at radius 2 is 2.05 bits per heavy atom. The number of nitrogens with zero attached hydrogens (tertiary/aromatic N) is 2. The third-order valence-corrected chi connectivity index (χ3v) is 4.55. The maximum absolute atomic E-state index is 12.7. The van der Waals surface area contributed by atoms with Crippen molar-refractivity contribution in [2.45, 2.75) is 32.2 Å². The highest BCUT2D eigenvalue weighted by Gasteiger charge is 2.31. The van der Waals surface area contributed by atoms with Crippen molar-refractivity contribution in [3.63, 3.8) is 0 Å². The molecule has 5 nitrogen and oxygen atoms in total. The molecule has 0 radical (unpaired) electrons. The second-order valence-electron chi connectivity index (χ2n) is 6.20. The van der Waals surface area contributed by atoms with Crippen molar-refractivity contribution in [3.05, 3.63) is 29.8 Å². The largest absolute Gasteiger partial charge is 0.336 e. The van der Waals surface area contributed by atoms with E-state index in [0.29, 0.717) is 17.3 Å². The molecule has 2 aliphatic heterocycles. The van der Waals surface area contributed by atoms with Crippen LogP contribution in [0.5, 0.6) is 0 Å². The Bertz CT molecular complexity index is 573. The van der Waals surface area contributed by atoms with E-state index in [1.54, 1.807) is 12.1 Å². The minimum atomic E-state index is -0.125. The van der Waals surface area contributed by atoms with Gasteiger partial charge in [-0.3, -0.25) is 14.5 Å². The number of hydrogen-bond acceptors (Lipinski definition) is 3. The summed E-state index contributed by atoms with van der Waals surface area (Å²) in [5, 5.41) is 2.73. The molecule has 1 unspecified atom stereocenters. The minimum absolute atomic E-state index is 0.0671. The summed E-state index contributed by atoms with van der Waals surface area (Å²) in [5.41, 5.74) is 1.32. The van der Waals surface area contributed by atoms with Gasteiger partial charge in [-0.05, 0) is 37.6 Å². The highest BCUT2D eigenvalue weighted by Crippen LogP contribution is 2.22. The molecule has 2 amide bonds. The molecule has 5 heteroatoms. The zero-order chi connectivity index (χ0) is 15.5. The Morgan fingerprint density at radius 3 is 2.86 bits per heavy atom. The molecule has 0 bridgehead atoms. The monoisotopic (exact) mass is 301 g/mol. The molecule has 2 saturated heterocycles. The van der Waals surface area contributed by atoms with Crippen LogP contribution in [0.1, 0.15) is 36.5 Å². The van der Waals surface area contributed by atoms with E-state index >= 15 is 0 Å². The number of fused-ring (bicyclic) bond motifs is 1. The summed E-state index contributed by atoms with van der Waals surface area (Å²) in [6.45, 7) is 5.23. The molecule has 3 rings (SSSR count). The van der Waals surface area contributed by atoms with Crippen LogP contribution in [-0.4, -0.2) is 53.8 Å². The van der Waals surface area contributed by atoms with Crippen LogP contribution < -0.4 is 5.32 Å². The van der Waals surface area contributed by atoms with Crippen molar-refractivity contribution in [1.82, 2.24) is 9.80 Å². The van der Waals surface area contributed by atoms with Crippen molar-refractivity contribution < 1.29 is 9.59 Å². The first-order chi connectivity index (χ1) is 10.6. The molecule has 2 fully saturated rings. The quantitative estimate of drug-likeness (QED) is 0.908. The first-order valence-electron chi connectivity index (χ1n) is 8.04. The van der Waals surface area contributed by atoms with Crippen LogP contribution in [0.4, 0.5) is 5.69 Å². The zero-order valence-electron chi connectivity index (χ0n) is 13.0. The average Bonchev–Trinajstić information content (AvgIpc) is 2.53. The van der Waals surface area contributed by atoms with Crippen LogP contribution in [0.2, 0.25) is 0 Å². The van der Waals surface area contributed by atoms with E-state index in [9.17, 15) is 9.59 Å². The average molecular weight is 301 g/mol. The molecule has 0 spiro atoms. The van der Waals surface area contributed by atoms with Gasteiger partial charge >= 0.3 is 0 Å². The Balaban J connectivity index is 1.69. The SMILES string of the molecule is CC(=O)Nc1cccc(C(=O)N2CCN3CCCCC3C2)c1. The Kier molecular flexibility index (Phi) is 4.43. The summed E-state index contributed by atoms with van der Waals surface area (Å²) in [6, 6.07) is 7.72. The third kappa shape index (κ3) is 3.30. The fourth-order valence-corrected chi connectivity index (χ4v) is 3.46. The standard InChI is InChI=1S/C17H23N3O2/c1-13(21)18-15-6-4-5-14(11-15)17(22)20-10-9-19-8-3-2-7-16(19)12-20/h4-6,11,16H,2-3,7-10,12H2,1H3,(H,18,21). The van der Waals surface area contributed by atoms with Gasteiger partial charge in [-0.25, -0.2) is 0 Å². The number of rotatable bonds is 2. The molecule has 1 aromatic carbocycles. The Morgan fingerprint density at radius 1 is 1.18 bits per heavy atom. The fraction of sp³-hybridized carbons (Fsp3) is 0.529. The Labute approximate surface area is 131 Å². The molecule has 1 aromatic rings. The molecule has 0 aliphatic carbocycles. The molecular weight excluding hydrogens is 278 g/mol. The number of hydrogen-bond donors (Lipinski definition) is 1. The molecule has 1 atom stereocenters. The van der Waals surface area contributed by atoms with Gasteiger partial charge in [0.1, 0.15) is 0 Å². The molecule has 118 valence electrons. The molecule has 1 N–H and O–H groups in total. The minimum Gasteiger partial charge on any atom is -0.336 e. The van der Waals surface area contributed by atoms with Gasteiger partial charge in [-0.15, -0.1) is 0 Å². The summed E-state index contributed by atoms with van der Waals surface area (Å²) in [4.78, 5) is 28.3. The van der Waals surface area contributed by atoms with Crippen LogP contribution in [0.25, 0.3) is 0 Å². The first kappa shape index (κ1) is 15.0. The number of carbonyl (C=O) groups excluding carboxylic acids is 2. The molecule has 2 aliphatic rings. The lowest BCUT2D eigenvalue weighted by Gasteiger charge is -2.44. The number of anilines is 1. The number of carbonyl (C=O) groups is 2. The predicted octanol–water partition coefficient (Wildman–Crippen LogP) is 1.96. The molecule has 22 heavy (non-hydrogen) atoms. The predicted molar refractivity (Wildman–Crippen MR) is 85.9 cm³/mol. The fourth-order valence-electron chi connectivity index (χ4n) is 3.46. The lowest BCUT2D eigenvalue weighted by molar-refractivity contribution is -0.114. The lowest BCUT2D eigenvalue weighted by Crippen LogP contribution is -2.56. The highest BCUT2D eigenvalue weighted by atomic mass is 16.2. The lowest BCUT2D eigenvalue weighted by atomic mass is 9.99.